The van der Waals surface area contributed by atoms with Crippen molar-refractivity contribution in [1.82, 2.24) is 9.55 Å². The molecule has 0 aliphatic heterocycles. The first-order valence-corrected chi connectivity index (χ1v) is 9.54. The van der Waals surface area contributed by atoms with E-state index in [1.165, 1.54) is 10.4 Å². The Balaban J connectivity index is 1.95. The van der Waals surface area contributed by atoms with E-state index in [0.29, 0.717) is 11.3 Å². The third kappa shape index (κ3) is 2.18. The average molecular weight is 399 g/mol. The topological polar surface area (TPSA) is 37.8 Å². The summed E-state index contributed by atoms with van der Waals surface area (Å²) in [6.45, 7) is 0.521. The fraction of sp³-hybridized carbons (Fsp3) is 0.286. The largest absolute Gasteiger partial charge is 0.323 e. The minimum absolute atomic E-state index is 0.0495. The smallest absolute Gasteiger partial charge is 0.263 e. The van der Waals surface area contributed by atoms with Crippen LogP contribution in [0.25, 0.3) is 10.2 Å². The molecule has 1 aliphatic carbocycles. The van der Waals surface area contributed by atoms with Crippen molar-refractivity contribution >= 4 is 61.0 Å². The Morgan fingerprint density at radius 2 is 2.29 bits per heavy atom. The van der Waals surface area contributed by atoms with Crippen LogP contribution >= 0.6 is 50.8 Å². The molecule has 0 amide bonds. The molecule has 0 fully saturated rings. The maximum absolute atomic E-state index is 12.9. The molecule has 0 saturated carbocycles. The van der Waals surface area contributed by atoms with Crippen LogP contribution < -0.4 is 5.56 Å². The van der Waals surface area contributed by atoms with Crippen LogP contribution in [0.15, 0.2) is 20.7 Å². The van der Waals surface area contributed by atoms with Gasteiger partial charge in [-0.25, -0.2) is 0 Å². The van der Waals surface area contributed by atoms with E-state index in [0.717, 1.165) is 38.8 Å². The number of nitrogens with zero attached hydrogens (tertiary/aromatic N) is 1. The second-order valence-corrected chi connectivity index (χ2v) is 8.42. The van der Waals surface area contributed by atoms with Crippen molar-refractivity contribution < 1.29 is 0 Å². The normalized spacial score (nSPS) is 14.0. The number of fused-ring (bicyclic) bond motifs is 3. The van der Waals surface area contributed by atoms with Crippen LogP contribution in [0.5, 0.6) is 0 Å². The molecule has 3 aromatic heterocycles. The molecule has 1 aliphatic rings. The lowest BCUT2D eigenvalue weighted by atomic mass is 10.2. The summed E-state index contributed by atoms with van der Waals surface area (Å²) in [5.41, 5.74) is 1.29. The van der Waals surface area contributed by atoms with Crippen molar-refractivity contribution in [3.8, 4) is 0 Å². The number of H-pyrrole nitrogens is 1. The first-order chi connectivity index (χ1) is 10.1. The van der Waals surface area contributed by atoms with Gasteiger partial charge in [0.2, 0.25) is 0 Å². The Hall–Kier alpha value is -0.760. The zero-order chi connectivity index (χ0) is 14.6. The molecule has 4 rings (SSSR count). The Morgan fingerprint density at radius 3 is 3.05 bits per heavy atom. The summed E-state index contributed by atoms with van der Waals surface area (Å²) >= 11 is 12.2. The predicted octanol–water partition coefficient (Wildman–Crippen LogP) is 4.48. The molecular weight excluding hydrogens is 388 g/mol. The summed E-state index contributed by atoms with van der Waals surface area (Å²) < 4.78 is 3.22. The molecule has 7 heteroatoms. The van der Waals surface area contributed by atoms with Crippen molar-refractivity contribution in [2.45, 2.75) is 25.8 Å². The van der Waals surface area contributed by atoms with Gasteiger partial charge < -0.3 is 4.98 Å². The van der Waals surface area contributed by atoms with Crippen molar-refractivity contribution in [3.63, 3.8) is 0 Å². The zero-order valence-electron chi connectivity index (χ0n) is 10.9. The predicted molar refractivity (Wildman–Crippen MR) is 94.4 cm³/mol. The summed E-state index contributed by atoms with van der Waals surface area (Å²) in [4.78, 5) is 19.5. The molecule has 3 aromatic rings. The number of hydrogen-bond donors (Lipinski definition) is 1. The first kappa shape index (κ1) is 13.9. The van der Waals surface area contributed by atoms with Crippen molar-refractivity contribution in [1.29, 1.82) is 0 Å². The van der Waals surface area contributed by atoms with E-state index in [9.17, 15) is 4.79 Å². The van der Waals surface area contributed by atoms with Gasteiger partial charge in [-0.15, -0.1) is 22.7 Å². The molecule has 0 aromatic carbocycles. The van der Waals surface area contributed by atoms with Crippen molar-refractivity contribution in [3.05, 3.63) is 46.4 Å². The lowest BCUT2D eigenvalue weighted by molar-refractivity contribution is 0.742. The van der Waals surface area contributed by atoms with Gasteiger partial charge in [-0.1, -0.05) is 0 Å². The Bertz CT molecular complexity index is 963. The van der Waals surface area contributed by atoms with Gasteiger partial charge >= 0.3 is 0 Å². The Labute approximate surface area is 142 Å². The van der Waals surface area contributed by atoms with Crippen LogP contribution in [0.1, 0.15) is 21.7 Å². The fourth-order valence-corrected chi connectivity index (χ4v) is 5.90. The van der Waals surface area contributed by atoms with Gasteiger partial charge in [-0.3, -0.25) is 9.36 Å². The average Bonchev–Trinajstić information content (AvgIpc) is 3.10. The first-order valence-electron chi connectivity index (χ1n) is 6.64. The van der Waals surface area contributed by atoms with Gasteiger partial charge in [0.05, 0.1) is 11.9 Å². The number of hydrogen-bond acceptors (Lipinski definition) is 4. The van der Waals surface area contributed by atoms with Crippen molar-refractivity contribution in [2.75, 3.05) is 0 Å². The van der Waals surface area contributed by atoms with Crippen LogP contribution in [-0.4, -0.2) is 9.55 Å². The number of aromatic nitrogens is 2. The molecule has 0 spiro atoms. The quantitative estimate of drug-likeness (QED) is 0.646. The highest BCUT2D eigenvalue weighted by Crippen LogP contribution is 2.34. The third-order valence-corrected chi connectivity index (χ3v) is 7.28. The van der Waals surface area contributed by atoms with E-state index in [2.05, 4.69) is 20.9 Å². The molecule has 3 heterocycles. The molecule has 21 heavy (non-hydrogen) atoms. The second-order valence-electron chi connectivity index (χ2n) is 5.07. The molecule has 0 atom stereocenters. The summed E-state index contributed by atoms with van der Waals surface area (Å²) in [5, 5.41) is 2.87. The number of thiophene rings is 2. The van der Waals surface area contributed by atoms with Crippen LogP contribution in [0, 0.1) is 4.77 Å². The fourth-order valence-electron chi connectivity index (χ4n) is 2.84. The maximum Gasteiger partial charge on any atom is 0.263 e. The van der Waals surface area contributed by atoms with Gasteiger partial charge in [0, 0.05) is 14.2 Å². The molecule has 0 radical (unpaired) electrons. The molecule has 0 saturated heterocycles. The van der Waals surface area contributed by atoms with Gasteiger partial charge in [0.25, 0.3) is 5.56 Å². The number of rotatable bonds is 2. The van der Waals surface area contributed by atoms with Crippen LogP contribution in [0.2, 0.25) is 0 Å². The highest BCUT2D eigenvalue weighted by Gasteiger charge is 2.21. The zero-order valence-corrected chi connectivity index (χ0v) is 15.0. The molecule has 3 nitrogen and oxygen atoms in total. The monoisotopic (exact) mass is 398 g/mol. The number of aromatic amines is 1. The maximum atomic E-state index is 12.9. The Morgan fingerprint density at radius 1 is 1.43 bits per heavy atom. The van der Waals surface area contributed by atoms with E-state index in [-0.39, 0.29) is 5.56 Å². The molecule has 0 bridgehead atoms. The standard InChI is InChI=1S/C14H11BrN2OS3/c15-8-4-5-20-10(8)6-17-13(18)11-7-2-1-3-9(7)21-12(11)16-14(17)19/h4-5H,1-3,6H2,(H,16,19). The number of halogens is 1. The van der Waals surface area contributed by atoms with Crippen molar-refractivity contribution in [2.24, 2.45) is 0 Å². The van der Waals surface area contributed by atoms with E-state index >= 15 is 0 Å². The number of aryl methyl sites for hydroxylation is 2. The van der Waals surface area contributed by atoms with E-state index < -0.39 is 0 Å². The summed E-state index contributed by atoms with van der Waals surface area (Å²) in [6, 6.07) is 2.00. The van der Waals surface area contributed by atoms with Gasteiger partial charge in [0.1, 0.15) is 4.83 Å². The SMILES string of the molecule is O=c1c2c3c(sc2[nH]c(=S)n1Cc1sccc1Br)CCC3. The second kappa shape index (κ2) is 5.15. The van der Waals surface area contributed by atoms with Gasteiger partial charge in [0.15, 0.2) is 4.77 Å². The molecule has 108 valence electrons. The minimum Gasteiger partial charge on any atom is -0.323 e. The van der Waals surface area contributed by atoms with Crippen LogP contribution in [0.4, 0.5) is 0 Å². The lowest BCUT2D eigenvalue weighted by Gasteiger charge is -2.06. The summed E-state index contributed by atoms with van der Waals surface area (Å²) in [6.07, 6.45) is 3.26. The van der Waals surface area contributed by atoms with E-state index in [4.69, 9.17) is 12.2 Å². The van der Waals surface area contributed by atoms with E-state index in [1.807, 2.05) is 11.4 Å². The summed E-state index contributed by atoms with van der Waals surface area (Å²) in [7, 11) is 0. The van der Waals surface area contributed by atoms with Crippen LogP contribution in [-0.2, 0) is 19.4 Å². The summed E-state index contributed by atoms with van der Waals surface area (Å²) in [5.74, 6) is 0. The highest BCUT2D eigenvalue weighted by atomic mass is 79.9. The molecular formula is C14H11BrN2OS3. The third-order valence-electron chi connectivity index (χ3n) is 3.84. The van der Waals surface area contributed by atoms with Crippen LogP contribution in [0.3, 0.4) is 0 Å². The minimum atomic E-state index is 0.0495. The molecule has 1 N–H and O–H groups in total. The Kier molecular flexibility index (Phi) is 3.40. The molecule has 0 unspecified atom stereocenters. The number of nitrogens with one attached hydrogen (secondary N) is 1. The van der Waals surface area contributed by atoms with Gasteiger partial charge in [-0.05, 0) is 64.4 Å². The highest BCUT2D eigenvalue weighted by molar-refractivity contribution is 9.10. The van der Waals surface area contributed by atoms with E-state index in [1.54, 1.807) is 27.2 Å². The van der Waals surface area contributed by atoms with Gasteiger partial charge in [-0.2, -0.15) is 0 Å². The lowest BCUT2D eigenvalue weighted by Crippen LogP contribution is -2.22.